The molecule has 3 rings (SSSR count). The van der Waals surface area contributed by atoms with Crippen molar-refractivity contribution in [1.82, 2.24) is 0 Å². The molecule has 0 aromatic heterocycles. The van der Waals surface area contributed by atoms with Crippen LogP contribution in [0.3, 0.4) is 0 Å². The highest BCUT2D eigenvalue weighted by atomic mass is 19.4. The third-order valence-electron chi connectivity index (χ3n) is 3.23. The largest absolute Gasteiger partial charge is 0.573 e. The second kappa shape index (κ2) is 5.26. The molecule has 112 valence electrons. The maximum Gasteiger partial charge on any atom is 0.573 e. The molecule has 3 aromatic carbocycles. The molecular formula is C17H11F3O2. The molecular weight excluding hydrogens is 293 g/mol. The number of hydrogen-bond acceptors (Lipinski definition) is 2. The molecule has 5 heteroatoms. The molecule has 0 spiro atoms. The van der Waals surface area contributed by atoms with Gasteiger partial charge in [-0.25, -0.2) is 0 Å². The van der Waals surface area contributed by atoms with Crippen LogP contribution in [-0.2, 0) is 0 Å². The lowest BCUT2D eigenvalue weighted by Crippen LogP contribution is -2.17. The SMILES string of the molecule is Oc1cc(-c2cccc(OC(F)(F)F)c2)c2ccccc2c1. The standard InChI is InChI=1S/C17H11F3O2/c18-17(19,20)22-14-6-3-5-12(9-14)16-10-13(21)8-11-4-1-2-7-15(11)16/h1-10,21H. The molecule has 0 aliphatic heterocycles. The average Bonchev–Trinajstić information content (AvgIpc) is 2.45. The van der Waals surface area contributed by atoms with Crippen LogP contribution in [0.15, 0.2) is 60.7 Å². The third-order valence-corrected chi connectivity index (χ3v) is 3.23. The zero-order valence-corrected chi connectivity index (χ0v) is 11.3. The van der Waals surface area contributed by atoms with Gasteiger partial charge in [-0.1, -0.05) is 36.4 Å². The summed E-state index contributed by atoms with van der Waals surface area (Å²) in [5.41, 5.74) is 1.18. The van der Waals surface area contributed by atoms with E-state index in [1.54, 1.807) is 12.1 Å². The Labute approximate surface area is 124 Å². The Morgan fingerprint density at radius 3 is 2.41 bits per heavy atom. The van der Waals surface area contributed by atoms with Gasteiger partial charge in [-0.2, -0.15) is 0 Å². The van der Waals surface area contributed by atoms with Crippen LogP contribution in [-0.4, -0.2) is 11.5 Å². The third kappa shape index (κ3) is 2.98. The Balaban J connectivity index is 2.14. The highest BCUT2D eigenvalue weighted by Crippen LogP contribution is 2.34. The predicted molar refractivity (Wildman–Crippen MR) is 77.7 cm³/mol. The maximum absolute atomic E-state index is 12.3. The fourth-order valence-corrected chi connectivity index (χ4v) is 2.39. The van der Waals surface area contributed by atoms with Crippen LogP contribution in [0.4, 0.5) is 13.2 Å². The van der Waals surface area contributed by atoms with Crippen LogP contribution in [0.5, 0.6) is 11.5 Å². The summed E-state index contributed by atoms with van der Waals surface area (Å²) in [6.07, 6.45) is -4.74. The average molecular weight is 304 g/mol. The van der Waals surface area contributed by atoms with Gasteiger partial charge in [0, 0.05) is 0 Å². The van der Waals surface area contributed by atoms with Crippen LogP contribution in [0.2, 0.25) is 0 Å². The van der Waals surface area contributed by atoms with E-state index >= 15 is 0 Å². The first-order valence-corrected chi connectivity index (χ1v) is 6.50. The summed E-state index contributed by atoms with van der Waals surface area (Å²) in [6.45, 7) is 0. The Hall–Kier alpha value is -2.69. The van der Waals surface area contributed by atoms with E-state index in [0.717, 1.165) is 10.8 Å². The first kappa shape index (κ1) is 14.3. The van der Waals surface area contributed by atoms with Crippen molar-refractivity contribution < 1.29 is 23.0 Å². The summed E-state index contributed by atoms with van der Waals surface area (Å²) >= 11 is 0. The zero-order valence-electron chi connectivity index (χ0n) is 11.3. The van der Waals surface area contributed by atoms with E-state index in [2.05, 4.69) is 4.74 Å². The van der Waals surface area contributed by atoms with Gasteiger partial charge in [0.2, 0.25) is 0 Å². The summed E-state index contributed by atoms with van der Waals surface area (Å²) in [5.74, 6) is -0.242. The molecule has 0 bridgehead atoms. The minimum atomic E-state index is -4.74. The molecule has 0 saturated heterocycles. The number of hydrogen-bond donors (Lipinski definition) is 1. The van der Waals surface area contributed by atoms with E-state index in [-0.39, 0.29) is 11.5 Å². The number of ether oxygens (including phenoxy) is 1. The maximum atomic E-state index is 12.3. The summed E-state index contributed by atoms with van der Waals surface area (Å²) in [5, 5.41) is 11.5. The van der Waals surface area contributed by atoms with Crippen molar-refractivity contribution in [2.75, 3.05) is 0 Å². The fraction of sp³-hybridized carbons (Fsp3) is 0.0588. The zero-order chi connectivity index (χ0) is 15.7. The smallest absolute Gasteiger partial charge is 0.508 e. The molecule has 0 saturated carbocycles. The first-order chi connectivity index (χ1) is 10.4. The van der Waals surface area contributed by atoms with Gasteiger partial charge >= 0.3 is 6.36 Å². The molecule has 0 heterocycles. The number of fused-ring (bicyclic) bond motifs is 1. The number of alkyl halides is 3. The second-order valence-corrected chi connectivity index (χ2v) is 4.79. The van der Waals surface area contributed by atoms with Crippen molar-refractivity contribution >= 4 is 10.8 Å². The lowest BCUT2D eigenvalue weighted by molar-refractivity contribution is -0.274. The normalized spacial score (nSPS) is 11.6. The summed E-state index contributed by atoms with van der Waals surface area (Å²) in [4.78, 5) is 0. The van der Waals surface area contributed by atoms with E-state index in [4.69, 9.17) is 0 Å². The summed E-state index contributed by atoms with van der Waals surface area (Å²) in [6, 6.07) is 16.2. The van der Waals surface area contributed by atoms with Crippen LogP contribution >= 0.6 is 0 Å². The van der Waals surface area contributed by atoms with E-state index < -0.39 is 6.36 Å². The number of aromatic hydroxyl groups is 1. The van der Waals surface area contributed by atoms with Gasteiger partial charge < -0.3 is 9.84 Å². The predicted octanol–water partition coefficient (Wildman–Crippen LogP) is 5.11. The molecule has 0 fully saturated rings. The van der Waals surface area contributed by atoms with Gasteiger partial charge in [-0.15, -0.1) is 13.2 Å². The van der Waals surface area contributed by atoms with E-state index in [0.29, 0.717) is 11.1 Å². The van der Waals surface area contributed by atoms with E-state index in [1.165, 1.54) is 24.3 Å². The van der Waals surface area contributed by atoms with E-state index in [9.17, 15) is 18.3 Å². The minimum absolute atomic E-state index is 0.0517. The quantitative estimate of drug-likeness (QED) is 0.713. The molecule has 0 atom stereocenters. The highest BCUT2D eigenvalue weighted by molar-refractivity contribution is 5.98. The van der Waals surface area contributed by atoms with Gasteiger partial charge in [-0.3, -0.25) is 0 Å². The topological polar surface area (TPSA) is 29.5 Å². The number of benzene rings is 3. The number of rotatable bonds is 2. The Morgan fingerprint density at radius 1 is 0.864 bits per heavy atom. The second-order valence-electron chi connectivity index (χ2n) is 4.79. The Kier molecular flexibility index (Phi) is 3.41. The molecule has 2 nitrogen and oxygen atoms in total. The molecule has 0 amide bonds. The van der Waals surface area contributed by atoms with Crippen LogP contribution in [0, 0.1) is 0 Å². The number of phenols is 1. The van der Waals surface area contributed by atoms with E-state index in [1.807, 2.05) is 24.3 Å². The van der Waals surface area contributed by atoms with Crippen molar-refractivity contribution in [1.29, 1.82) is 0 Å². The molecule has 0 aliphatic rings. The van der Waals surface area contributed by atoms with Gasteiger partial charge in [-0.05, 0) is 46.2 Å². The number of halogens is 3. The fourth-order valence-electron chi connectivity index (χ4n) is 2.39. The first-order valence-electron chi connectivity index (χ1n) is 6.50. The summed E-state index contributed by atoms with van der Waals surface area (Å²) < 4.78 is 40.9. The van der Waals surface area contributed by atoms with Crippen LogP contribution in [0.1, 0.15) is 0 Å². The lowest BCUT2D eigenvalue weighted by atomic mass is 9.98. The van der Waals surface area contributed by atoms with Crippen molar-refractivity contribution in [2.24, 2.45) is 0 Å². The van der Waals surface area contributed by atoms with Crippen molar-refractivity contribution in [2.45, 2.75) is 6.36 Å². The molecule has 0 aliphatic carbocycles. The van der Waals surface area contributed by atoms with Crippen molar-refractivity contribution in [3.63, 3.8) is 0 Å². The Bertz CT molecular complexity index is 825. The van der Waals surface area contributed by atoms with Gasteiger partial charge in [0.15, 0.2) is 0 Å². The van der Waals surface area contributed by atoms with Crippen molar-refractivity contribution in [3.05, 3.63) is 60.7 Å². The highest BCUT2D eigenvalue weighted by Gasteiger charge is 2.31. The van der Waals surface area contributed by atoms with Crippen LogP contribution < -0.4 is 4.74 Å². The molecule has 0 unspecified atom stereocenters. The molecule has 0 radical (unpaired) electrons. The van der Waals surface area contributed by atoms with Crippen LogP contribution in [0.25, 0.3) is 21.9 Å². The molecule has 22 heavy (non-hydrogen) atoms. The molecule has 3 aromatic rings. The van der Waals surface area contributed by atoms with Gasteiger partial charge in [0.25, 0.3) is 0 Å². The lowest BCUT2D eigenvalue weighted by Gasteiger charge is -2.12. The molecule has 1 N–H and O–H groups in total. The minimum Gasteiger partial charge on any atom is -0.508 e. The number of phenolic OH excluding ortho intramolecular Hbond substituents is 1. The monoisotopic (exact) mass is 304 g/mol. The summed E-state index contributed by atoms with van der Waals surface area (Å²) in [7, 11) is 0. The van der Waals surface area contributed by atoms with Gasteiger partial charge in [0.1, 0.15) is 11.5 Å². The van der Waals surface area contributed by atoms with Gasteiger partial charge in [0.05, 0.1) is 0 Å². The van der Waals surface area contributed by atoms with Crippen molar-refractivity contribution in [3.8, 4) is 22.6 Å². The Morgan fingerprint density at radius 2 is 1.64 bits per heavy atom.